The lowest BCUT2D eigenvalue weighted by Gasteiger charge is -2.19. The molecule has 7 nitrogen and oxygen atoms in total. The summed E-state index contributed by atoms with van der Waals surface area (Å²) >= 11 is 0. The van der Waals surface area contributed by atoms with Crippen molar-refractivity contribution in [1.29, 1.82) is 0 Å². The SMILES string of the molecule is CCC(C)Oc1ccc(OC(=O)c2ccc(OCCCCCCN(CCO)CCO)cc2)cc1. The topological polar surface area (TPSA) is 88.5 Å². The quantitative estimate of drug-likeness (QED) is 0.201. The average molecular weight is 474 g/mol. The van der Waals surface area contributed by atoms with Gasteiger partial charge in [-0.15, -0.1) is 0 Å². The summed E-state index contributed by atoms with van der Waals surface area (Å²) in [5.74, 6) is 1.53. The Morgan fingerprint density at radius 1 is 0.824 bits per heavy atom. The fourth-order valence-electron chi connectivity index (χ4n) is 3.35. The first-order chi connectivity index (χ1) is 16.5. The zero-order valence-electron chi connectivity index (χ0n) is 20.4. The first kappa shape index (κ1) is 27.6. The number of unbranched alkanes of at least 4 members (excludes halogenated alkanes) is 3. The van der Waals surface area contributed by atoms with E-state index in [4.69, 9.17) is 24.4 Å². The van der Waals surface area contributed by atoms with E-state index in [0.717, 1.165) is 50.1 Å². The van der Waals surface area contributed by atoms with Gasteiger partial charge in [0.2, 0.25) is 0 Å². The summed E-state index contributed by atoms with van der Waals surface area (Å²) in [5, 5.41) is 18.1. The Labute approximate surface area is 203 Å². The summed E-state index contributed by atoms with van der Waals surface area (Å²) in [6, 6.07) is 14.0. The molecule has 2 rings (SSSR count). The van der Waals surface area contributed by atoms with E-state index in [1.807, 2.05) is 6.92 Å². The van der Waals surface area contributed by atoms with E-state index in [-0.39, 0.29) is 19.3 Å². The highest BCUT2D eigenvalue weighted by Crippen LogP contribution is 2.21. The lowest BCUT2D eigenvalue weighted by Crippen LogP contribution is -2.30. The van der Waals surface area contributed by atoms with Gasteiger partial charge in [0.05, 0.1) is 31.5 Å². The Kier molecular flexibility index (Phi) is 13.1. The van der Waals surface area contributed by atoms with E-state index in [9.17, 15) is 4.79 Å². The minimum absolute atomic E-state index is 0.116. The number of esters is 1. The molecule has 0 aromatic heterocycles. The largest absolute Gasteiger partial charge is 0.494 e. The maximum Gasteiger partial charge on any atom is 0.343 e. The van der Waals surface area contributed by atoms with Crippen molar-refractivity contribution in [3.8, 4) is 17.2 Å². The van der Waals surface area contributed by atoms with E-state index in [0.29, 0.717) is 31.0 Å². The molecule has 0 radical (unpaired) electrons. The molecule has 1 atom stereocenters. The Hall–Kier alpha value is -2.61. The maximum atomic E-state index is 12.4. The van der Waals surface area contributed by atoms with E-state index < -0.39 is 5.97 Å². The van der Waals surface area contributed by atoms with Gasteiger partial charge in [-0.25, -0.2) is 4.79 Å². The van der Waals surface area contributed by atoms with Crippen LogP contribution in [0.25, 0.3) is 0 Å². The molecule has 0 aliphatic carbocycles. The molecule has 7 heteroatoms. The minimum Gasteiger partial charge on any atom is -0.494 e. The molecule has 34 heavy (non-hydrogen) atoms. The summed E-state index contributed by atoms with van der Waals surface area (Å²) in [7, 11) is 0. The molecule has 0 saturated carbocycles. The van der Waals surface area contributed by atoms with Crippen molar-refractivity contribution >= 4 is 5.97 Å². The Balaban J connectivity index is 1.66. The molecule has 188 valence electrons. The highest BCUT2D eigenvalue weighted by Gasteiger charge is 2.10. The van der Waals surface area contributed by atoms with Crippen molar-refractivity contribution < 1.29 is 29.2 Å². The van der Waals surface area contributed by atoms with Gasteiger partial charge in [0.15, 0.2) is 0 Å². The second kappa shape index (κ2) is 16.1. The molecule has 0 saturated heterocycles. The Morgan fingerprint density at radius 2 is 1.41 bits per heavy atom. The third kappa shape index (κ3) is 10.5. The van der Waals surface area contributed by atoms with Gasteiger partial charge in [0.25, 0.3) is 0 Å². The van der Waals surface area contributed by atoms with E-state index >= 15 is 0 Å². The fourth-order valence-corrected chi connectivity index (χ4v) is 3.35. The number of hydrogen-bond donors (Lipinski definition) is 2. The average Bonchev–Trinajstić information content (AvgIpc) is 2.85. The smallest absolute Gasteiger partial charge is 0.343 e. The molecule has 0 amide bonds. The number of benzene rings is 2. The molecule has 2 aromatic carbocycles. The molecular weight excluding hydrogens is 434 g/mol. The third-order valence-corrected chi connectivity index (χ3v) is 5.51. The molecule has 0 heterocycles. The van der Waals surface area contributed by atoms with E-state index in [1.165, 1.54) is 0 Å². The minimum atomic E-state index is -0.418. The van der Waals surface area contributed by atoms with Gasteiger partial charge in [-0.3, -0.25) is 4.90 Å². The normalized spacial score (nSPS) is 11.9. The zero-order valence-corrected chi connectivity index (χ0v) is 20.4. The number of carbonyl (C=O) groups is 1. The van der Waals surface area contributed by atoms with Crippen LogP contribution in [0.3, 0.4) is 0 Å². The van der Waals surface area contributed by atoms with Gasteiger partial charge in [0, 0.05) is 13.1 Å². The third-order valence-electron chi connectivity index (χ3n) is 5.51. The second-order valence-corrected chi connectivity index (χ2v) is 8.27. The van der Waals surface area contributed by atoms with E-state index in [1.54, 1.807) is 48.5 Å². The van der Waals surface area contributed by atoms with Crippen molar-refractivity contribution in [2.45, 2.75) is 52.1 Å². The van der Waals surface area contributed by atoms with Crippen molar-refractivity contribution in [3.05, 3.63) is 54.1 Å². The monoisotopic (exact) mass is 473 g/mol. The van der Waals surface area contributed by atoms with Crippen LogP contribution in [0.1, 0.15) is 56.3 Å². The van der Waals surface area contributed by atoms with Gasteiger partial charge >= 0.3 is 5.97 Å². The standard InChI is InChI=1S/C27H39NO6/c1-3-22(2)33-25-12-14-26(15-13-25)34-27(31)23-8-10-24(11-9-23)32-21-7-5-4-6-16-28(17-19-29)18-20-30/h8-15,22,29-30H,3-7,16-21H2,1-2H3. The summed E-state index contributed by atoms with van der Waals surface area (Å²) in [5.41, 5.74) is 0.461. The molecular formula is C27H39NO6. The van der Waals surface area contributed by atoms with Crippen molar-refractivity contribution in [1.82, 2.24) is 4.90 Å². The lowest BCUT2D eigenvalue weighted by atomic mass is 10.2. The van der Waals surface area contributed by atoms with Crippen molar-refractivity contribution in [2.24, 2.45) is 0 Å². The molecule has 2 N–H and O–H groups in total. The van der Waals surface area contributed by atoms with Gasteiger partial charge < -0.3 is 24.4 Å². The molecule has 2 aromatic rings. The first-order valence-electron chi connectivity index (χ1n) is 12.2. The van der Waals surface area contributed by atoms with Gasteiger partial charge in [-0.1, -0.05) is 19.8 Å². The summed E-state index contributed by atoms with van der Waals surface area (Å²) in [6.07, 6.45) is 5.17. The van der Waals surface area contributed by atoms with Crippen LogP contribution >= 0.6 is 0 Å². The number of aliphatic hydroxyl groups is 2. The number of ether oxygens (including phenoxy) is 3. The number of rotatable bonds is 17. The van der Waals surface area contributed by atoms with Crippen LogP contribution in [0.4, 0.5) is 0 Å². The number of nitrogens with zero attached hydrogens (tertiary/aromatic N) is 1. The van der Waals surface area contributed by atoms with Gasteiger partial charge in [-0.2, -0.15) is 0 Å². The zero-order chi connectivity index (χ0) is 24.6. The van der Waals surface area contributed by atoms with Crippen LogP contribution in [-0.2, 0) is 0 Å². The summed E-state index contributed by atoms with van der Waals surface area (Å²) < 4.78 is 17.0. The fraction of sp³-hybridized carbons (Fsp3) is 0.519. The molecule has 0 spiro atoms. The van der Waals surface area contributed by atoms with Crippen LogP contribution < -0.4 is 14.2 Å². The van der Waals surface area contributed by atoms with E-state index in [2.05, 4.69) is 11.8 Å². The number of carbonyl (C=O) groups excluding carboxylic acids is 1. The molecule has 0 aliphatic heterocycles. The summed E-state index contributed by atoms with van der Waals surface area (Å²) in [6.45, 7) is 7.02. The van der Waals surface area contributed by atoms with Crippen LogP contribution in [0.2, 0.25) is 0 Å². The molecule has 0 bridgehead atoms. The Morgan fingerprint density at radius 3 is 2.03 bits per heavy atom. The molecule has 0 fully saturated rings. The van der Waals surface area contributed by atoms with Crippen molar-refractivity contribution in [3.63, 3.8) is 0 Å². The van der Waals surface area contributed by atoms with Gasteiger partial charge in [0.1, 0.15) is 17.2 Å². The highest BCUT2D eigenvalue weighted by molar-refractivity contribution is 5.91. The second-order valence-electron chi connectivity index (χ2n) is 8.27. The van der Waals surface area contributed by atoms with Crippen LogP contribution in [-0.4, -0.2) is 66.6 Å². The molecule has 1 unspecified atom stereocenters. The van der Waals surface area contributed by atoms with Gasteiger partial charge in [-0.05, 0) is 81.3 Å². The predicted octanol–water partition coefficient (Wildman–Crippen LogP) is 4.31. The lowest BCUT2D eigenvalue weighted by molar-refractivity contribution is 0.0734. The van der Waals surface area contributed by atoms with Crippen molar-refractivity contribution in [2.75, 3.05) is 39.5 Å². The van der Waals surface area contributed by atoms with Crippen LogP contribution in [0.5, 0.6) is 17.2 Å². The maximum absolute atomic E-state index is 12.4. The summed E-state index contributed by atoms with van der Waals surface area (Å²) in [4.78, 5) is 14.5. The Bertz CT molecular complexity index is 803. The number of hydrogen-bond acceptors (Lipinski definition) is 7. The van der Waals surface area contributed by atoms with Crippen LogP contribution in [0.15, 0.2) is 48.5 Å². The first-order valence-corrected chi connectivity index (χ1v) is 12.2. The molecule has 0 aliphatic rings. The highest BCUT2D eigenvalue weighted by atomic mass is 16.5. The predicted molar refractivity (Wildman–Crippen MR) is 133 cm³/mol. The van der Waals surface area contributed by atoms with Crippen LogP contribution in [0, 0.1) is 0 Å². The number of aliphatic hydroxyl groups excluding tert-OH is 2.